The van der Waals surface area contributed by atoms with Gasteiger partial charge in [-0.05, 0) is 6.92 Å². The Bertz CT molecular complexity index is 430. The van der Waals surface area contributed by atoms with E-state index < -0.39 is 5.72 Å². The van der Waals surface area contributed by atoms with Gasteiger partial charge in [0.2, 0.25) is 0 Å². The van der Waals surface area contributed by atoms with E-state index in [9.17, 15) is 9.90 Å². The van der Waals surface area contributed by atoms with E-state index in [0.29, 0.717) is 12.3 Å². The molecule has 0 saturated heterocycles. The average Bonchev–Trinajstić information content (AvgIpc) is 2.50. The van der Waals surface area contributed by atoms with Crippen LogP contribution in [0.25, 0.3) is 0 Å². The zero-order valence-corrected chi connectivity index (χ0v) is 9.20. The summed E-state index contributed by atoms with van der Waals surface area (Å²) in [6.07, 6.45) is 3.44. The molecule has 1 aliphatic heterocycles. The van der Waals surface area contributed by atoms with Gasteiger partial charge in [-0.1, -0.05) is 0 Å². The zero-order chi connectivity index (χ0) is 10.9. The smallest absolute Gasteiger partial charge is 0.181 e. The van der Waals surface area contributed by atoms with Crippen LogP contribution in [0.1, 0.15) is 6.92 Å². The summed E-state index contributed by atoms with van der Waals surface area (Å²) in [6, 6.07) is 3.02. The van der Waals surface area contributed by atoms with Crippen LogP contribution in [0.5, 0.6) is 0 Å². The van der Waals surface area contributed by atoms with Gasteiger partial charge in [0.1, 0.15) is 0 Å². The summed E-state index contributed by atoms with van der Waals surface area (Å²) in [4.78, 5) is 15.0. The van der Waals surface area contributed by atoms with Gasteiger partial charge in [0.05, 0.1) is 11.6 Å². The Balaban J connectivity index is 2.10. The molecule has 0 radical (unpaired) electrons. The standard InChI is InChI=1S/C10H12N2O2S/c1-10(14)7-15-9(11-10)6-12-4-2-8(13)3-5-12/h2-5,14H,6-7H2,1H3. The minimum absolute atomic E-state index is 0.000685. The molecule has 0 spiro atoms. The molecule has 2 rings (SSSR count). The van der Waals surface area contributed by atoms with Gasteiger partial charge in [0, 0.05) is 30.3 Å². The van der Waals surface area contributed by atoms with Crippen LogP contribution in [0.4, 0.5) is 0 Å². The Morgan fingerprint density at radius 1 is 1.60 bits per heavy atom. The second kappa shape index (κ2) is 3.83. The van der Waals surface area contributed by atoms with E-state index in [4.69, 9.17) is 0 Å². The molecule has 4 nitrogen and oxygen atoms in total. The third kappa shape index (κ3) is 2.70. The van der Waals surface area contributed by atoms with Crippen LogP contribution in [0.15, 0.2) is 34.3 Å². The molecule has 0 saturated carbocycles. The van der Waals surface area contributed by atoms with E-state index >= 15 is 0 Å². The monoisotopic (exact) mass is 224 g/mol. The first-order valence-electron chi connectivity index (χ1n) is 4.65. The highest BCUT2D eigenvalue weighted by atomic mass is 32.2. The van der Waals surface area contributed by atoms with Crippen LogP contribution in [-0.2, 0) is 6.54 Å². The Morgan fingerprint density at radius 3 is 2.80 bits per heavy atom. The van der Waals surface area contributed by atoms with Crippen LogP contribution in [0.3, 0.4) is 0 Å². The fourth-order valence-corrected chi connectivity index (χ4v) is 2.35. The maximum atomic E-state index is 10.9. The molecule has 1 aromatic rings. The summed E-state index contributed by atoms with van der Waals surface area (Å²) in [5.74, 6) is 0.600. The van der Waals surface area contributed by atoms with Crippen molar-refractivity contribution in [1.82, 2.24) is 4.57 Å². The van der Waals surface area contributed by atoms with Crippen LogP contribution in [0.2, 0.25) is 0 Å². The van der Waals surface area contributed by atoms with Crippen molar-refractivity contribution in [2.75, 3.05) is 5.75 Å². The SMILES string of the molecule is CC1(O)CSC(Cn2ccc(=O)cc2)=N1. The van der Waals surface area contributed by atoms with Crippen molar-refractivity contribution in [2.24, 2.45) is 4.99 Å². The molecule has 1 N–H and O–H groups in total. The number of pyridine rings is 1. The fraction of sp³-hybridized carbons (Fsp3) is 0.400. The third-order valence-corrected chi connectivity index (χ3v) is 3.30. The lowest BCUT2D eigenvalue weighted by Gasteiger charge is -2.08. The predicted molar refractivity (Wildman–Crippen MR) is 61.2 cm³/mol. The van der Waals surface area contributed by atoms with Crippen molar-refractivity contribution < 1.29 is 5.11 Å². The van der Waals surface area contributed by atoms with Gasteiger partial charge in [0.15, 0.2) is 11.2 Å². The number of aromatic nitrogens is 1. The normalized spacial score (nSPS) is 25.3. The van der Waals surface area contributed by atoms with E-state index in [2.05, 4.69) is 4.99 Å². The highest BCUT2D eigenvalue weighted by Crippen LogP contribution is 2.25. The van der Waals surface area contributed by atoms with Gasteiger partial charge >= 0.3 is 0 Å². The molecule has 0 bridgehead atoms. The van der Waals surface area contributed by atoms with Gasteiger partial charge < -0.3 is 9.67 Å². The van der Waals surface area contributed by atoms with Gasteiger partial charge in [-0.2, -0.15) is 0 Å². The lowest BCUT2D eigenvalue weighted by Crippen LogP contribution is -2.20. The van der Waals surface area contributed by atoms with Crippen molar-refractivity contribution in [3.63, 3.8) is 0 Å². The number of thioether (sulfide) groups is 1. The van der Waals surface area contributed by atoms with E-state index in [1.165, 1.54) is 12.1 Å². The minimum atomic E-state index is -0.932. The second-order valence-electron chi connectivity index (χ2n) is 3.72. The Labute approximate surface area is 91.7 Å². The Hall–Kier alpha value is -1.07. The molecule has 1 aromatic heterocycles. The number of hydrogen-bond acceptors (Lipinski definition) is 4. The van der Waals surface area contributed by atoms with Crippen LogP contribution < -0.4 is 5.43 Å². The number of nitrogens with zero attached hydrogens (tertiary/aromatic N) is 2. The van der Waals surface area contributed by atoms with E-state index in [1.54, 1.807) is 31.1 Å². The fourth-order valence-electron chi connectivity index (χ4n) is 1.34. The second-order valence-corrected chi connectivity index (χ2v) is 4.77. The first-order chi connectivity index (χ1) is 7.05. The van der Waals surface area contributed by atoms with Gasteiger partial charge in [-0.3, -0.25) is 4.79 Å². The van der Waals surface area contributed by atoms with Crippen LogP contribution in [0, 0.1) is 0 Å². The lowest BCUT2D eigenvalue weighted by molar-refractivity contribution is 0.0987. The summed E-state index contributed by atoms with van der Waals surface area (Å²) in [6.45, 7) is 2.31. The van der Waals surface area contributed by atoms with Crippen molar-refractivity contribution in [2.45, 2.75) is 19.2 Å². The number of aliphatic imine (C=N–C) groups is 1. The molecular weight excluding hydrogens is 212 g/mol. The molecule has 0 aromatic carbocycles. The van der Waals surface area contributed by atoms with Crippen LogP contribution >= 0.6 is 11.8 Å². The molecular formula is C10H12N2O2S. The molecule has 80 valence electrons. The minimum Gasteiger partial charge on any atom is -0.369 e. The molecule has 2 heterocycles. The summed E-state index contributed by atoms with van der Waals surface area (Å²) in [5.41, 5.74) is -0.932. The van der Waals surface area contributed by atoms with Crippen molar-refractivity contribution in [1.29, 1.82) is 0 Å². The number of rotatable bonds is 2. The molecule has 1 atom stereocenters. The van der Waals surface area contributed by atoms with Gasteiger partial charge in [-0.15, -0.1) is 11.8 Å². The third-order valence-electron chi connectivity index (χ3n) is 2.06. The summed E-state index contributed by atoms with van der Waals surface area (Å²) < 4.78 is 1.87. The van der Waals surface area contributed by atoms with Gasteiger partial charge in [0.25, 0.3) is 0 Å². The summed E-state index contributed by atoms with van der Waals surface area (Å²) in [7, 11) is 0. The molecule has 0 amide bonds. The number of hydrogen-bond donors (Lipinski definition) is 1. The molecule has 15 heavy (non-hydrogen) atoms. The van der Waals surface area contributed by atoms with Crippen molar-refractivity contribution in [3.8, 4) is 0 Å². The van der Waals surface area contributed by atoms with E-state index in [0.717, 1.165) is 5.04 Å². The highest BCUT2D eigenvalue weighted by molar-refractivity contribution is 8.14. The maximum Gasteiger partial charge on any atom is 0.181 e. The summed E-state index contributed by atoms with van der Waals surface area (Å²) >= 11 is 1.55. The average molecular weight is 224 g/mol. The molecule has 0 aliphatic carbocycles. The maximum absolute atomic E-state index is 10.9. The van der Waals surface area contributed by atoms with Crippen molar-refractivity contribution >= 4 is 16.8 Å². The summed E-state index contributed by atoms with van der Waals surface area (Å²) in [5, 5.41) is 10.5. The number of aliphatic hydroxyl groups is 1. The molecule has 1 aliphatic rings. The Kier molecular flexibility index (Phi) is 2.67. The first-order valence-corrected chi connectivity index (χ1v) is 5.64. The predicted octanol–water partition coefficient (Wildman–Crippen LogP) is 0.702. The van der Waals surface area contributed by atoms with E-state index in [-0.39, 0.29) is 5.43 Å². The quantitative estimate of drug-likeness (QED) is 0.804. The largest absolute Gasteiger partial charge is 0.369 e. The zero-order valence-electron chi connectivity index (χ0n) is 8.38. The molecule has 1 unspecified atom stereocenters. The molecule has 5 heteroatoms. The van der Waals surface area contributed by atoms with Crippen LogP contribution in [-0.4, -0.2) is 26.2 Å². The highest BCUT2D eigenvalue weighted by Gasteiger charge is 2.27. The van der Waals surface area contributed by atoms with E-state index in [1.807, 2.05) is 4.57 Å². The first kappa shape index (κ1) is 10.4. The topological polar surface area (TPSA) is 54.6 Å². The van der Waals surface area contributed by atoms with Crippen molar-refractivity contribution in [3.05, 3.63) is 34.7 Å². The molecule has 0 fully saturated rings. The Morgan fingerprint density at radius 2 is 2.27 bits per heavy atom. The van der Waals surface area contributed by atoms with Gasteiger partial charge in [-0.25, -0.2) is 4.99 Å². The lowest BCUT2D eigenvalue weighted by atomic mass is 10.3.